The van der Waals surface area contributed by atoms with Crippen molar-refractivity contribution < 1.29 is 42.9 Å². The third-order valence-electron chi connectivity index (χ3n) is 13.7. The van der Waals surface area contributed by atoms with Crippen LogP contribution in [0.2, 0.25) is 0 Å². The average Bonchev–Trinajstić information content (AvgIpc) is 3.44. The van der Waals surface area contributed by atoms with Crippen LogP contribution in [0, 0.1) is 0 Å². The number of unbranched alkanes of at least 4 members (excludes halogenated alkanes) is 24. The number of quaternary nitrogens is 1. The zero-order valence-electron chi connectivity index (χ0n) is 52.6. The molecule has 2 unspecified atom stereocenters. The van der Waals surface area contributed by atoms with E-state index < -0.39 is 24.3 Å². The first-order chi connectivity index (χ1) is 39.6. The Morgan fingerprint density at radius 3 is 1.06 bits per heavy atom. The number of likely N-dealkylation sites (N-methyl/N-ethyl adjacent to an activating group) is 1. The number of allylic oxidation sites excluding steroid dienone is 20. The second kappa shape index (κ2) is 61.8. The van der Waals surface area contributed by atoms with E-state index in [9.17, 15) is 19.5 Å². The highest BCUT2D eigenvalue weighted by molar-refractivity contribution is 5.70. The fourth-order valence-electron chi connectivity index (χ4n) is 8.70. The van der Waals surface area contributed by atoms with Gasteiger partial charge in [-0.1, -0.05) is 257 Å². The molecule has 0 aliphatic carbocycles. The lowest BCUT2D eigenvalue weighted by Gasteiger charge is -2.26. The second-order valence-electron chi connectivity index (χ2n) is 22.7. The molecule has 0 radical (unpaired) electrons. The average molecular weight is 1130 g/mol. The molecular weight excluding hydrogens is 1010 g/mol. The Hall–Kier alpha value is -4.31. The van der Waals surface area contributed by atoms with E-state index in [1.54, 1.807) is 0 Å². The van der Waals surface area contributed by atoms with E-state index in [0.717, 1.165) is 96.3 Å². The number of hydrogen-bond acceptors (Lipinski definition) is 8. The number of carbonyl (C=O) groups is 3. The van der Waals surface area contributed by atoms with Crippen molar-refractivity contribution in [2.75, 3.05) is 47.5 Å². The van der Waals surface area contributed by atoms with Gasteiger partial charge in [0, 0.05) is 12.8 Å². The number of ether oxygens (including phenoxy) is 4. The molecule has 81 heavy (non-hydrogen) atoms. The molecule has 0 fully saturated rings. The predicted octanol–water partition coefficient (Wildman–Crippen LogP) is 18.7. The van der Waals surface area contributed by atoms with Crippen LogP contribution < -0.4 is 5.11 Å². The molecule has 0 heterocycles. The zero-order valence-corrected chi connectivity index (χ0v) is 52.6. The van der Waals surface area contributed by atoms with Crippen LogP contribution in [0.4, 0.5) is 0 Å². The van der Waals surface area contributed by atoms with Crippen LogP contribution in [0.25, 0.3) is 0 Å². The summed E-state index contributed by atoms with van der Waals surface area (Å²) in [7, 11) is 5.91. The number of hydrogen-bond donors (Lipinski definition) is 0. The molecule has 462 valence electrons. The van der Waals surface area contributed by atoms with E-state index in [2.05, 4.69) is 135 Å². The van der Waals surface area contributed by atoms with Gasteiger partial charge in [0.15, 0.2) is 12.4 Å². The topological polar surface area (TPSA) is 111 Å². The van der Waals surface area contributed by atoms with Gasteiger partial charge in [0.2, 0.25) is 0 Å². The van der Waals surface area contributed by atoms with Gasteiger partial charge in [0.05, 0.1) is 40.3 Å². The third kappa shape index (κ3) is 63.1. The number of esters is 2. The summed E-state index contributed by atoms with van der Waals surface area (Å²) in [6.07, 6.45) is 84.1. The lowest BCUT2D eigenvalue weighted by molar-refractivity contribution is -0.870. The number of rotatable bonds is 59. The van der Waals surface area contributed by atoms with Gasteiger partial charge >= 0.3 is 11.9 Å². The van der Waals surface area contributed by atoms with E-state index in [-0.39, 0.29) is 38.6 Å². The maximum absolute atomic E-state index is 12.9. The highest BCUT2D eigenvalue weighted by atomic mass is 16.7. The Morgan fingerprint density at radius 2 is 0.704 bits per heavy atom. The van der Waals surface area contributed by atoms with E-state index in [1.807, 2.05) is 21.1 Å². The van der Waals surface area contributed by atoms with Crippen LogP contribution >= 0.6 is 0 Å². The van der Waals surface area contributed by atoms with Crippen LogP contribution in [0.5, 0.6) is 0 Å². The molecule has 9 nitrogen and oxygen atoms in total. The Morgan fingerprint density at radius 1 is 0.383 bits per heavy atom. The molecule has 0 aliphatic heterocycles. The van der Waals surface area contributed by atoms with Gasteiger partial charge < -0.3 is 33.3 Å². The van der Waals surface area contributed by atoms with Gasteiger partial charge in [-0.15, -0.1) is 0 Å². The molecule has 9 heteroatoms. The molecule has 0 rings (SSSR count). The molecule has 0 amide bonds. The maximum atomic E-state index is 12.9. The van der Waals surface area contributed by atoms with Crippen LogP contribution in [0.1, 0.15) is 258 Å². The molecular formula is C72H121NO8. The second-order valence-corrected chi connectivity index (χ2v) is 22.7. The molecule has 0 bridgehead atoms. The number of nitrogens with zero attached hydrogens (tertiary/aromatic N) is 1. The van der Waals surface area contributed by atoms with Gasteiger partial charge in [0.1, 0.15) is 13.2 Å². The SMILES string of the molecule is CC/C=C\C/C=C\C/C=C\C/C=C\C/C=C\C/C=C\C/C=C\CCCCCC(=O)OC(COC(=O)CCCCCCCCCCCCCCCCCC/C=C\C/C=C\C/C=C\CCCCCCC)COC(OCC[N+](C)(C)C)C(=O)[O-]. The van der Waals surface area contributed by atoms with E-state index in [4.69, 9.17) is 18.9 Å². The first-order valence-corrected chi connectivity index (χ1v) is 32.7. The predicted molar refractivity (Wildman–Crippen MR) is 343 cm³/mol. The summed E-state index contributed by atoms with van der Waals surface area (Å²) in [5.74, 6) is -2.33. The van der Waals surface area contributed by atoms with Crippen molar-refractivity contribution in [1.82, 2.24) is 0 Å². The number of aliphatic carboxylic acids is 1. The van der Waals surface area contributed by atoms with Crippen molar-refractivity contribution in [2.45, 2.75) is 270 Å². The molecule has 0 aromatic carbocycles. The first kappa shape index (κ1) is 76.7. The van der Waals surface area contributed by atoms with Crippen molar-refractivity contribution in [3.8, 4) is 0 Å². The minimum atomic E-state index is -1.64. The van der Waals surface area contributed by atoms with Crippen LogP contribution in [-0.2, 0) is 33.3 Å². The van der Waals surface area contributed by atoms with Gasteiger partial charge in [0.25, 0.3) is 0 Å². The minimum Gasteiger partial charge on any atom is -0.545 e. The molecule has 0 aromatic rings. The van der Waals surface area contributed by atoms with E-state index in [1.165, 1.54) is 128 Å². The largest absolute Gasteiger partial charge is 0.545 e. The smallest absolute Gasteiger partial charge is 0.306 e. The van der Waals surface area contributed by atoms with Crippen molar-refractivity contribution in [3.05, 3.63) is 122 Å². The van der Waals surface area contributed by atoms with Crippen molar-refractivity contribution in [3.63, 3.8) is 0 Å². The molecule has 0 spiro atoms. The zero-order chi connectivity index (χ0) is 59.1. The molecule has 0 saturated carbocycles. The van der Waals surface area contributed by atoms with Gasteiger partial charge in [-0.25, -0.2) is 0 Å². The Balaban J connectivity index is 4.23. The highest BCUT2D eigenvalue weighted by Crippen LogP contribution is 2.16. The molecule has 0 saturated heterocycles. The number of carboxylic acid groups (broad SMARTS) is 1. The molecule has 0 aromatic heterocycles. The third-order valence-corrected chi connectivity index (χ3v) is 13.7. The number of carbonyl (C=O) groups excluding carboxylic acids is 3. The Labute approximate surface area is 497 Å². The highest BCUT2D eigenvalue weighted by Gasteiger charge is 2.22. The Kier molecular flexibility index (Phi) is 58.5. The fraction of sp³-hybridized carbons (Fsp3) is 0.681. The lowest BCUT2D eigenvalue weighted by atomic mass is 10.0. The number of carboxylic acids is 1. The minimum absolute atomic E-state index is 0.135. The lowest BCUT2D eigenvalue weighted by Crippen LogP contribution is -2.44. The van der Waals surface area contributed by atoms with Crippen molar-refractivity contribution in [1.29, 1.82) is 0 Å². The maximum Gasteiger partial charge on any atom is 0.306 e. The van der Waals surface area contributed by atoms with Gasteiger partial charge in [-0.2, -0.15) is 0 Å². The van der Waals surface area contributed by atoms with E-state index in [0.29, 0.717) is 17.4 Å². The molecule has 2 atom stereocenters. The monoisotopic (exact) mass is 1130 g/mol. The summed E-state index contributed by atoms with van der Waals surface area (Å²) in [5.41, 5.74) is 0. The molecule has 0 aliphatic rings. The fourth-order valence-corrected chi connectivity index (χ4v) is 8.70. The van der Waals surface area contributed by atoms with Crippen LogP contribution in [0.3, 0.4) is 0 Å². The quantitative estimate of drug-likeness (QED) is 0.0195. The summed E-state index contributed by atoms with van der Waals surface area (Å²) in [4.78, 5) is 37.4. The summed E-state index contributed by atoms with van der Waals surface area (Å²) in [6.45, 7) is 4.58. The summed E-state index contributed by atoms with van der Waals surface area (Å²) in [5, 5.41) is 11.8. The standard InChI is InChI=1S/C72H121NO8/c1-6-8-10-12-14-16-18-20-22-24-26-28-30-32-33-34-35-36-37-39-40-42-44-46-48-50-52-54-56-58-60-62-69(74)79-66-68(67-80-72(71(76)77)78-65-64-73(3,4)5)81-70(75)63-61-59-57-55-53-51-49-47-45-43-41-38-31-29-27-25-23-21-19-17-15-13-11-9-7-2/h9,11,15,17-18,20-21,23-24,26-27,29-30,32,38,41,45,47,51,53,68,72H,6-8,10,12-14,16,19,22,25,28,31,33-37,39-40,42-44,46,48-50,52,54-67H2,1-5H3/b11-9-,17-15-,20-18-,23-21-,26-24-,29-27-,32-30-,41-38-,47-45-,53-51-. The normalized spacial score (nSPS) is 13.5. The summed E-state index contributed by atoms with van der Waals surface area (Å²) >= 11 is 0. The van der Waals surface area contributed by atoms with Crippen molar-refractivity contribution >= 4 is 17.9 Å². The van der Waals surface area contributed by atoms with Crippen LogP contribution in [0.15, 0.2) is 122 Å². The van der Waals surface area contributed by atoms with Gasteiger partial charge in [-0.05, 0) is 109 Å². The van der Waals surface area contributed by atoms with Crippen molar-refractivity contribution in [2.24, 2.45) is 0 Å². The summed E-state index contributed by atoms with van der Waals surface area (Å²) in [6, 6.07) is 0. The summed E-state index contributed by atoms with van der Waals surface area (Å²) < 4.78 is 22.7. The van der Waals surface area contributed by atoms with E-state index >= 15 is 0 Å². The van der Waals surface area contributed by atoms with Crippen LogP contribution in [-0.4, -0.2) is 82.3 Å². The molecule has 0 N–H and O–H groups in total. The van der Waals surface area contributed by atoms with Gasteiger partial charge in [-0.3, -0.25) is 9.59 Å². The first-order valence-electron chi connectivity index (χ1n) is 32.7. The Bertz CT molecular complexity index is 1740.